The van der Waals surface area contributed by atoms with Crippen molar-refractivity contribution in [2.75, 3.05) is 13.1 Å². The number of likely N-dealkylation sites (tertiary alicyclic amines) is 1. The predicted octanol–water partition coefficient (Wildman–Crippen LogP) is 4.36. The van der Waals surface area contributed by atoms with E-state index in [4.69, 9.17) is 12.2 Å². The van der Waals surface area contributed by atoms with Gasteiger partial charge < -0.3 is 5.32 Å². The summed E-state index contributed by atoms with van der Waals surface area (Å²) in [6.07, 6.45) is 4.34. The molecule has 2 aromatic heterocycles. The lowest BCUT2D eigenvalue weighted by atomic mass is 10.1. The molecule has 8 heteroatoms. The maximum absolute atomic E-state index is 12.4. The molecule has 1 aromatic carbocycles. The second-order valence-corrected chi connectivity index (χ2v) is 9.00. The Morgan fingerprint density at radius 3 is 2.63 bits per heavy atom. The Bertz CT molecular complexity index is 1000. The highest BCUT2D eigenvalue weighted by atomic mass is 32.1. The number of carbonyl (C=O) groups is 1. The van der Waals surface area contributed by atoms with Crippen molar-refractivity contribution in [3.63, 3.8) is 0 Å². The highest BCUT2D eigenvalue weighted by Crippen LogP contribution is 2.22. The number of hydrogen-bond acceptors (Lipinski definition) is 5. The lowest BCUT2D eigenvalue weighted by Crippen LogP contribution is -2.29. The Balaban J connectivity index is 1.25. The molecule has 1 fully saturated rings. The molecule has 158 valence electrons. The van der Waals surface area contributed by atoms with Gasteiger partial charge in [0.1, 0.15) is 0 Å². The lowest BCUT2D eigenvalue weighted by Gasteiger charge is -2.26. The Hall–Kier alpha value is -2.29. The van der Waals surface area contributed by atoms with E-state index >= 15 is 0 Å². The van der Waals surface area contributed by atoms with Crippen LogP contribution in [0.2, 0.25) is 0 Å². The van der Waals surface area contributed by atoms with Crippen LogP contribution in [0.5, 0.6) is 0 Å². The van der Waals surface area contributed by atoms with Crippen LogP contribution in [0.4, 0.5) is 0 Å². The van der Waals surface area contributed by atoms with Crippen LogP contribution in [0.15, 0.2) is 41.8 Å². The van der Waals surface area contributed by atoms with Gasteiger partial charge in [-0.2, -0.15) is 5.10 Å². The van der Waals surface area contributed by atoms with Crippen LogP contribution in [0.1, 0.15) is 36.8 Å². The number of carbonyl (C=O) groups excluding carboxylic acids is 1. The molecule has 0 unspecified atom stereocenters. The van der Waals surface area contributed by atoms with Crippen molar-refractivity contribution in [1.29, 1.82) is 0 Å². The molecule has 0 radical (unpaired) electrons. The molecule has 30 heavy (non-hydrogen) atoms. The van der Waals surface area contributed by atoms with Crippen molar-refractivity contribution in [3.05, 3.63) is 57.7 Å². The first-order valence-electron chi connectivity index (χ1n) is 10.4. The van der Waals surface area contributed by atoms with Gasteiger partial charge in [0.15, 0.2) is 10.6 Å². The highest BCUT2D eigenvalue weighted by molar-refractivity contribution is 7.71. The fourth-order valence-electron chi connectivity index (χ4n) is 3.76. The van der Waals surface area contributed by atoms with Gasteiger partial charge in [-0.05, 0) is 60.7 Å². The zero-order valence-electron chi connectivity index (χ0n) is 17.0. The first kappa shape index (κ1) is 21.0. The lowest BCUT2D eigenvalue weighted by molar-refractivity contribution is -0.121. The topological polar surface area (TPSA) is 66.0 Å². The molecule has 2 N–H and O–H groups in total. The van der Waals surface area contributed by atoms with Gasteiger partial charge in [-0.15, -0.1) is 11.3 Å². The molecule has 1 saturated heterocycles. The summed E-state index contributed by atoms with van der Waals surface area (Å²) < 4.78 is 2.42. The van der Waals surface area contributed by atoms with Crippen LogP contribution in [0.25, 0.3) is 10.7 Å². The van der Waals surface area contributed by atoms with Crippen LogP contribution < -0.4 is 5.32 Å². The minimum Gasteiger partial charge on any atom is -0.352 e. The van der Waals surface area contributed by atoms with Crippen molar-refractivity contribution in [1.82, 2.24) is 25.0 Å². The van der Waals surface area contributed by atoms with E-state index in [1.54, 1.807) is 11.3 Å². The Morgan fingerprint density at radius 2 is 1.90 bits per heavy atom. The van der Waals surface area contributed by atoms with Gasteiger partial charge in [0.2, 0.25) is 5.91 Å². The minimum atomic E-state index is 0.00706. The number of nitrogens with one attached hydrogen (secondary N) is 2. The van der Waals surface area contributed by atoms with E-state index in [9.17, 15) is 4.79 Å². The third kappa shape index (κ3) is 5.44. The monoisotopic (exact) mass is 441 g/mol. The van der Waals surface area contributed by atoms with E-state index in [0.29, 0.717) is 24.3 Å². The van der Waals surface area contributed by atoms with E-state index < -0.39 is 0 Å². The number of H-pyrrole nitrogens is 1. The van der Waals surface area contributed by atoms with Crippen molar-refractivity contribution < 1.29 is 4.79 Å². The standard InChI is InChI=1S/C22H27N5OS2/c28-20(10-13-27-21(24-25-22(27)29)19-5-4-14-30-19)23-15-17-6-8-18(9-7-17)16-26-11-2-1-3-12-26/h4-9,14H,1-3,10-13,15-16H2,(H,23,28)(H,25,29). The molecule has 3 aromatic rings. The van der Waals surface area contributed by atoms with Crippen molar-refractivity contribution in [3.8, 4) is 10.7 Å². The normalized spacial score (nSPS) is 14.7. The number of rotatable bonds is 8. The third-order valence-electron chi connectivity index (χ3n) is 5.43. The van der Waals surface area contributed by atoms with E-state index in [-0.39, 0.29) is 5.91 Å². The third-order valence-corrected chi connectivity index (χ3v) is 6.61. The molecular formula is C22H27N5OS2. The SMILES string of the molecule is O=C(CCn1c(-c2cccs2)n[nH]c1=S)NCc1ccc(CN2CCCCC2)cc1. The summed E-state index contributed by atoms with van der Waals surface area (Å²) in [7, 11) is 0. The number of benzene rings is 1. The number of piperidine rings is 1. The highest BCUT2D eigenvalue weighted by Gasteiger charge is 2.12. The van der Waals surface area contributed by atoms with Crippen molar-refractivity contribution >= 4 is 29.5 Å². The molecule has 1 aliphatic heterocycles. The summed E-state index contributed by atoms with van der Waals surface area (Å²) in [5.41, 5.74) is 2.45. The molecular weight excluding hydrogens is 414 g/mol. The number of hydrogen-bond donors (Lipinski definition) is 2. The minimum absolute atomic E-state index is 0.00706. The van der Waals surface area contributed by atoms with E-state index in [0.717, 1.165) is 22.8 Å². The summed E-state index contributed by atoms with van der Waals surface area (Å²) in [4.78, 5) is 15.9. The smallest absolute Gasteiger partial charge is 0.222 e. The van der Waals surface area contributed by atoms with Crippen molar-refractivity contribution in [2.24, 2.45) is 0 Å². The van der Waals surface area contributed by atoms with Crippen molar-refractivity contribution in [2.45, 2.75) is 45.3 Å². The van der Waals surface area contributed by atoms with Crippen LogP contribution in [-0.2, 0) is 24.4 Å². The molecule has 0 aliphatic carbocycles. The Morgan fingerprint density at radius 1 is 1.13 bits per heavy atom. The molecule has 1 aliphatic rings. The first-order valence-corrected chi connectivity index (χ1v) is 11.7. The van der Waals surface area contributed by atoms with E-state index in [2.05, 4.69) is 44.7 Å². The molecule has 6 nitrogen and oxygen atoms in total. The summed E-state index contributed by atoms with van der Waals surface area (Å²) >= 11 is 6.93. The fraction of sp³-hybridized carbons (Fsp3) is 0.409. The van der Waals surface area contributed by atoms with Gasteiger partial charge in [0.05, 0.1) is 4.88 Å². The summed E-state index contributed by atoms with van der Waals surface area (Å²) in [6, 6.07) is 12.6. The molecule has 0 spiro atoms. The van der Waals surface area contributed by atoms with Gasteiger partial charge in [-0.25, -0.2) is 0 Å². The second-order valence-electron chi connectivity index (χ2n) is 7.66. The molecule has 1 amide bonds. The zero-order valence-corrected chi connectivity index (χ0v) is 18.6. The fourth-order valence-corrected chi connectivity index (χ4v) is 4.71. The second kappa shape index (κ2) is 10.1. The van der Waals surface area contributed by atoms with E-state index in [1.165, 1.54) is 37.9 Å². The van der Waals surface area contributed by atoms with Gasteiger partial charge >= 0.3 is 0 Å². The summed E-state index contributed by atoms with van der Waals surface area (Å²) in [6.45, 7) is 4.46. The molecule has 0 atom stereocenters. The molecule has 0 saturated carbocycles. The molecule has 0 bridgehead atoms. The Labute approximate surface area is 185 Å². The predicted molar refractivity (Wildman–Crippen MR) is 123 cm³/mol. The van der Waals surface area contributed by atoms with Crippen LogP contribution in [0.3, 0.4) is 0 Å². The largest absolute Gasteiger partial charge is 0.352 e. The number of aromatic amines is 1. The molecule has 3 heterocycles. The maximum atomic E-state index is 12.4. The summed E-state index contributed by atoms with van der Waals surface area (Å²) in [5, 5.41) is 12.1. The number of amides is 1. The van der Waals surface area contributed by atoms with Gasteiger partial charge in [0, 0.05) is 26.1 Å². The van der Waals surface area contributed by atoms with Crippen LogP contribution in [-0.4, -0.2) is 38.7 Å². The van der Waals surface area contributed by atoms with Gasteiger partial charge in [-0.1, -0.05) is 36.8 Å². The number of nitrogens with zero attached hydrogens (tertiary/aromatic N) is 3. The number of thiophene rings is 1. The zero-order chi connectivity index (χ0) is 20.8. The summed E-state index contributed by atoms with van der Waals surface area (Å²) in [5.74, 6) is 0.791. The van der Waals surface area contributed by atoms with E-state index in [1.807, 2.05) is 22.1 Å². The maximum Gasteiger partial charge on any atom is 0.222 e. The average molecular weight is 442 g/mol. The Kier molecular flexibility index (Phi) is 7.09. The molecule has 4 rings (SSSR count). The number of aromatic nitrogens is 3. The van der Waals surface area contributed by atoms with Gasteiger partial charge in [-0.3, -0.25) is 19.4 Å². The van der Waals surface area contributed by atoms with Gasteiger partial charge in [0.25, 0.3) is 0 Å². The average Bonchev–Trinajstić information content (AvgIpc) is 3.42. The first-order chi connectivity index (χ1) is 14.7. The van der Waals surface area contributed by atoms with Crippen LogP contribution >= 0.6 is 23.6 Å². The quantitative estimate of drug-likeness (QED) is 0.510. The van der Waals surface area contributed by atoms with Crippen LogP contribution in [0, 0.1) is 4.77 Å².